The van der Waals surface area contributed by atoms with E-state index in [1.165, 1.54) is 0 Å². The first-order valence-electron chi connectivity index (χ1n) is 13.8. The van der Waals surface area contributed by atoms with Crippen molar-refractivity contribution < 1.29 is 69.3 Å². The second-order valence-corrected chi connectivity index (χ2v) is 11.2. The number of nitrogens with two attached hydrogens (primary N) is 5. The molecule has 0 unspecified atom stereocenters. The summed E-state index contributed by atoms with van der Waals surface area (Å²) in [6.45, 7) is -1.49. The standard InChI is InChI=1S/C23H45N5O14/c24-2-7-13(32)15(34)10(27)21(37-7)41-19-9(4-30)39-23(17(19)36)42-20-12(31)5(25)1-6(26)18(20)40-22-11(28)16(35)14(33)8(3-29)38-22/h5-23,29-36H,1-4,24-28H2/t5-,6+,7-,8-,9-,10-,11-,12+,13-,14-,15-,16-,17-,18-,19-,20-,21-,22-,23+/m1/s1. The third-order valence-electron chi connectivity index (χ3n) is 8.32. The molecule has 3 heterocycles. The maximum absolute atomic E-state index is 11.1. The summed E-state index contributed by atoms with van der Waals surface area (Å²) in [7, 11) is 0. The summed E-state index contributed by atoms with van der Waals surface area (Å²) in [4.78, 5) is 0. The van der Waals surface area contributed by atoms with Gasteiger partial charge in [-0.15, -0.1) is 0 Å². The number of rotatable bonds is 9. The normalized spacial score (nSPS) is 53.8. The minimum Gasteiger partial charge on any atom is -0.394 e. The molecule has 42 heavy (non-hydrogen) atoms. The maximum Gasteiger partial charge on any atom is 0.187 e. The van der Waals surface area contributed by atoms with Gasteiger partial charge in [0.15, 0.2) is 18.9 Å². The molecule has 4 aliphatic rings. The lowest BCUT2D eigenvalue weighted by atomic mass is 9.84. The second-order valence-electron chi connectivity index (χ2n) is 11.2. The van der Waals surface area contributed by atoms with E-state index in [0.717, 1.165) is 0 Å². The molecule has 246 valence electrons. The molecule has 0 radical (unpaired) electrons. The Morgan fingerprint density at radius 3 is 1.55 bits per heavy atom. The van der Waals surface area contributed by atoms with Crippen molar-refractivity contribution in [2.24, 2.45) is 28.7 Å². The predicted molar refractivity (Wildman–Crippen MR) is 136 cm³/mol. The molecule has 1 aliphatic carbocycles. The minimum atomic E-state index is -1.62. The molecule has 0 spiro atoms. The van der Waals surface area contributed by atoms with E-state index in [4.69, 9.17) is 57.1 Å². The predicted octanol–water partition coefficient (Wildman–Crippen LogP) is -8.86. The highest BCUT2D eigenvalue weighted by atomic mass is 16.8. The molecule has 0 aromatic rings. The van der Waals surface area contributed by atoms with Gasteiger partial charge in [-0.3, -0.25) is 0 Å². The Kier molecular flexibility index (Phi) is 11.5. The molecule has 1 saturated carbocycles. The number of ether oxygens (including phenoxy) is 6. The lowest BCUT2D eigenvalue weighted by Gasteiger charge is -2.47. The first kappa shape index (κ1) is 34.1. The lowest BCUT2D eigenvalue weighted by molar-refractivity contribution is -0.310. The maximum atomic E-state index is 11.1. The zero-order chi connectivity index (χ0) is 31.0. The average Bonchev–Trinajstić information content (AvgIpc) is 3.27. The second kappa shape index (κ2) is 14.1. The van der Waals surface area contributed by atoms with Gasteiger partial charge in [0, 0.05) is 18.6 Å². The smallest absolute Gasteiger partial charge is 0.187 e. The SMILES string of the molecule is NC[C@H]1O[C@H](O[C@H]2[C@@H](O)[C@H](O[C@@H]3[C@@H](O)[C@H](N)C[C@H](N)[C@H]3O[C@H]3O[C@H](CO)[C@@H](O)[C@H](O)[C@H]3N)O[C@@H]2CO)[C@H](N)[C@@H](O)[C@@H]1O. The van der Waals surface area contributed by atoms with Crippen molar-refractivity contribution in [3.63, 3.8) is 0 Å². The molecule has 0 bridgehead atoms. The topological polar surface area (TPSA) is 347 Å². The molecule has 3 aliphatic heterocycles. The van der Waals surface area contributed by atoms with Crippen LogP contribution in [0.5, 0.6) is 0 Å². The van der Waals surface area contributed by atoms with Crippen LogP contribution in [0.4, 0.5) is 0 Å². The van der Waals surface area contributed by atoms with E-state index in [1.807, 2.05) is 0 Å². The third kappa shape index (κ3) is 6.60. The minimum absolute atomic E-state index is 0.0642. The number of aliphatic hydroxyl groups is 8. The Balaban J connectivity index is 1.50. The van der Waals surface area contributed by atoms with E-state index < -0.39 is 129 Å². The Morgan fingerprint density at radius 2 is 1.00 bits per heavy atom. The van der Waals surface area contributed by atoms with Crippen molar-refractivity contribution in [3.8, 4) is 0 Å². The van der Waals surface area contributed by atoms with Crippen LogP contribution in [-0.2, 0) is 28.4 Å². The van der Waals surface area contributed by atoms with Crippen molar-refractivity contribution in [1.82, 2.24) is 0 Å². The monoisotopic (exact) mass is 615 g/mol. The first-order valence-corrected chi connectivity index (χ1v) is 13.8. The van der Waals surface area contributed by atoms with Crippen LogP contribution in [0.25, 0.3) is 0 Å². The molecule has 4 rings (SSSR count). The van der Waals surface area contributed by atoms with Crippen LogP contribution in [0, 0.1) is 0 Å². The lowest BCUT2D eigenvalue weighted by Crippen LogP contribution is -2.68. The summed E-state index contributed by atoms with van der Waals surface area (Å²) in [5, 5.41) is 82.3. The molecule has 4 fully saturated rings. The quantitative estimate of drug-likeness (QED) is 0.114. The van der Waals surface area contributed by atoms with Crippen molar-refractivity contribution in [2.75, 3.05) is 19.8 Å². The molecule has 0 aromatic heterocycles. The van der Waals surface area contributed by atoms with Gasteiger partial charge in [-0.1, -0.05) is 0 Å². The molecule has 3 saturated heterocycles. The fourth-order valence-electron chi connectivity index (χ4n) is 5.70. The van der Waals surface area contributed by atoms with E-state index in [2.05, 4.69) is 0 Å². The van der Waals surface area contributed by atoms with Crippen LogP contribution in [0.15, 0.2) is 0 Å². The number of aliphatic hydroxyl groups excluding tert-OH is 8. The largest absolute Gasteiger partial charge is 0.394 e. The molecule has 18 N–H and O–H groups in total. The summed E-state index contributed by atoms with van der Waals surface area (Å²) in [5.41, 5.74) is 29.9. The third-order valence-corrected chi connectivity index (χ3v) is 8.32. The van der Waals surface area contributed by atoms with Crippen LogP contribution >= 0.6 is 0 Å². The summed E-state index contributed by atoms with van der Waals surface area (Å²) in [6, 6.07) is -4.30. The van der Waals surface area contributed by atoms with Crippen LogP contribution in [0.3, 0.4) is 0 Å². The van der Waals surface area contributed by atoms with Crippen LogP contribution in [-0.4, -0.2) is 177 Å². The fourth-order valence-corrected chi connectivity index (χ4v) is 5.70. The first-order chi connectivity index (χ1) is 19.8. The fraction of sp³-hybridized carbons (Fsp3) is 1.00. The highest BCUT2D eigenvalue weighted by Gasteiger charge is 2.54. The highest BCUT2D eigenvalue weighted by molar-refractivity contribution is 5.02. The van der Waals surface area contributed by atoms with Gasteiger partial charge in [0.05, 0.1) is 31.4 Å². The van der Waals surface area contributed by atoms with Gasteiger partial charge in [-0.05, 0) is 6.42 Å². The van der Waals surface area contributed by atoms with Crippen LogP contribution in [0.1, 0.15) is 6.42 Å². The Hall–Kier alpha value is -0.760. The zero-order valence-electron chi connectivity index (χ0n) is 22.7. The molecule has 0 aromatic carbocycles. The molecule has 19 atom stereocenters. The molecular formula is C23H45N5O14. The van der Waals surface area contributed by atoms with Crippen molar-refractivity contribution >= 4 is 0 Å². The van der Waals surface area contributed by atoms with Gasteiger partial charge < -0.3 is 97.9 Å². The van der Waals surface area contributed by atoms with Crippen LogP contribution in [0.2, 0.25) is 0 Å². The van der Waals surface area contributed by atoms with E-state index in [0.29, 0.717) is 0 Å². The van der Waals surface area contributed by atoms with Gasteiger partial charge in [-0.25, -0.2) is 0 Å². The average molecular weight is 616 g/mol. The zero-order valence-corrected chi connectivity index (χ0v) is 22.7. The van der Waals surface area contributed by atoms with Crippen molar-refractivity contribution in [2.45, 2.75) is 123 Å². The molecule has 19 nitrogen and oxygen atoms in total. The van der Waals surface area contributed by atoms with E-state index in [9.17, 15) is 40.9 Å². The summed E-state index contributed by atoms with van der Waals surface area (Å²) in [5.74, 6) is 0. The molecule has 0 amide bonds. The Bertz CT molecular complexity index is 866. The number of hydrogen-bond acceptors (Lipinski definition) is 19. The Morgan fingerprint density at radius 1 is 0.524 bits per heavy atom. The van der Waals surface area contributed by atoms with Gasteiger partial charge in [0.2, 0.25) is 0 Å². The van der Waals surface area contributed by atoms with E-state index in [-0.39, 0.29) is 13.0 Å². The summed E-state index contributed by atoms with van der Waals surface area (Å²) in [6.07, 6.45) is -20.5. The molecule has 19 heteroatoms. The molecular weight excluding hydrogens is 570 g/mol. The van der Waals surface area contributed by atoms with Gasteiger partial charge >= 0.3 is 0 Å². The van der Waals surface area contributed by atoms with Gasteiger partial charge in [0.25, 0.3) is 0 Å². The van der Waals surface area contributed by atoms with Gasteiger partial charge in [0.1, 0.15) is 67.1 Å². The van der Waals surface area contributed by atoms with Crippen molar-refractivity contribution in [3.05, 3.63) is 0 Å². The van der Waals surface area contributed by atoms with Gasteiger partial charge in [-0.2, -0.15) is 0 Å². The highest BCUT2D eigenvalue weighted by Crippen LogP contribution is 2.34. The Labute approximate surface area is 240 Å². The van der Waals surface area contributed by atoms with Crippen LogP contribution < -0.4 is 28.7 Å². The van der Waals surface area contributed by atoms with Crippen molar-refractivity contribution in [1.29, 1.82) is 0 Å². The van der Waals surface area contributed by atoms with E-state index >= 15 is 0 Å². The summed E-state index contributed by atoms with van der Waals surface area (Å²) >= 11 is 0. The summed E-state index contributed by atoms with van der Waals surface area (Å²) < 4.78 is 34.4. The number of hydrogen-bond donors (Lipinski definition) is 13. The van der Waals surface area contributed by atoms with E-state index in [1.54, 1.807) is 0 Å².